The van der Waals surface area contributed by atoms with Gasteiger partial charge in [0.1, 0.15) is 12.4 Å². The number of ether oxygens (including phenoxy) is 1. The topological polar surface area (TPSA) is 88.8 Å². The summed E-state index contributed by atoms with van der Waals surface area (Å²) < 4.78 is 9.92. The molecule has 6 nitrogen and oxygen atoms in total. The Kier molecular flexibility index (Phi) is 4.39. The van der Waals surface area contributed by atoms with Crippen LogP contribution in [0.4, 0.5) is 4.79 Å². The van der Waals surface area contributed by atoms with Crippen LogP contribution in [-0.2, 0) is 16.1 Å². The number of carbonyl (C=O) groups excluding carboxylic acids is 1. The first-order valence-corrected chi connectivity index (χ1v) is 5.90. The number of amides is 1. The fourth-order valence-corrected chi connectivity index (χ4v) is 1.59. The average Bonchev–Trinajstić information content (AvgIpc) is 2.97. The largest absolute Gasteiger partial charge is 0.479 e. The second-order valence-corrected chi connectivity index (χ2v) is 3.99. The molecule has 2 aromatic rings. The fraction of sp³-hybridized carbons (Fsp3) is 0.143. The number of hydrogen-bond acceptors (Lipinski definition) is 4. The van der Waals surface area contributed by atoms with Gasteiger partial charge in [-0.2, -0.15) is 0 Å². The van der Waals surface area contributed by atoms with Gasteiger partial charge in [0.25, 0.3) is 0 Å². The van der Waals surface area contributed by atoms with Gasteiger partial charge in [-0.1, -0.05) is 30.3 Å². The lowest BCUT2D eigenvalue weighted by Crippen LogP contribution is -2.33. The summed E-state index contributed by atoms with van der Waals surface area (Å²) in [5.74, 6) is -1.09. The van der Waals surface area contributed by atoms with Crippen LogP contribution in [0.3, 0.4) is 0 Å². The van der Waals surface area contributed by atoms with E-state index in [0.29, 0.717) is 0 Å². The third-order valence-corrected chi connectivity index (χ3v) is 2.55. The van der Waals surface area contributed by atoms with E-state index in [1.165, 1.54) is 12.3 Å². The van der Waals surface area contributed by atoms with E-state index in [1.54, 1.807) is 18.2 Å². The Morgan fingerprint density at radius 3 is 2.55 bits per heavy atom. The lowest BCUT2D eigenvalue weighted by molar-refractivity contribution is -0.140. The Labute approximate surface area is 115 Å². The smallest absolute Gasteiger partial charge is 0.408 e. The summed E-state index contributed by atoms with van der Waals surface area (Å²) in [5.41, 5.74) is 0.813. The minimum absolute atomic E-state index is 0.0666. The van der Waals surface area contributed by atoms with Gasteiger partial charge in [-0.15, -0.1) is 0 Å². The summed E-state index contributed by atoms with van der Waals surface area (Å²) in [7, 11) is 0. The molecule has 2 N–H and O–H groups in total. The number of hydrogen-bond donors (Lipinski definition) is 2. The van der Waals surface area contributed by atoms with Crippen molar-refractivity contribution >= 4 is 12.1 Å². The second-order valence-electron chi connectivity index (χ2n) is 3.99. The quantitative estimate of drug-likeness (QED) is 0.874. The summed E-state index contributed by atoms with van der Waals surface area (Å²) in [5, 5.41) is 11.3. The van der Waals surface area contributed by atoms with E-state index < -0.39 is 18.1 Å². The first-order chi connectivity index (χ1) is 9.66. The van der Waals surface area contributed by atoms with Gasteiger partial charge in [-0.25, -0.2) is 9.59 Å². The maximum Gasteiger partial charge on any atom is 0.408 e. The molecule has 0 spiro atoms. The van der Waals surface area contributed by atoms with Crippen LogP contribution in [0.25, 0.3) is 0 Å². The minimum atomic E-state index is -1.27. The molecule has 2 rings (SSSR count). The number of carboxylic acids is 1. The Balaban J connectivity index is 1.91. The third kappa shape index (κ3) is 3.61. The van der Waals surface area contributed by atoms with Crippen LogP contribution in [0.2, 0.25) is 0 Å². The summed E-state index contributed by atoms with van der Waals surface area (Å²) >= 11 is 0. The first-order valence-electron chi connectivity index (χ1n) is 5.90. The Bertz CT molecular complexity index is 565. The second kappa shape index (κ2) is 6.42. The van der Waals surface area contributed by atoms with Crippen LogP contribution in [-0.4, -0.2) is 17.2 Å². The molecule has 104 valence electrons. The molecule has 1 aromatic carbocycles. The molecular formula is C14H13NO5. The van der Waals surface area contributed by atoms with E-state index in [9.17, 15) is 9.59 Å². The van der Waals surface area contributed by atoms with Crippen molar-refractivity contribution in [3.8, 4) is 0 Å². The lowest BCUT2D eigenvalue weighted by Gasteiger charge is -2.12. The summed E-state index contributed by atoms with van der Waals surface area (Å²) in [6.45, 7) is 0.0666. The standard InChI is InChI=1S/C14H13NO5/c16-13(17)12(11-7-4-8-19-11)15-14(18)20-9-10-5-2-1-3-6-10/h1-8,12H,9H2,(H,15,18)(H,16,17)/t12-/m1/s1. The highest BCUT2D eigenvalue weighted by molar-refractivity contribution is 5.80. The lowest BCUT2D eigenvalue weighted by atomic mass is 10.2. The Hall–Kier alpha value is -2.76. The molecule has 20 heavy (non-hydrogen) atoms. The van der Waals surface area contributed by atoms with Crippen molar-refractivity contribution < 1.29 is 23.8 Å². The highest BCUT2D eigenvalue weighted by atomic mass is 16.5. The van der Waals surface area contributed by atoms with Crippen molar-refractivity contribution in [1.29, 1.82) is 0 Å². The molecule has 0 saturated carbocycles. The van der Waals surface area contributed by atoms with Crippen molar-refractivity contribution in [2.45, 2.75) is 12.6 Å². The highest BCUT2D eigenvalue weighted by Gasteiger charge is 2.25. The summed E-state index contributed by atoms with van der Waals surface area (Å²) in [6.07, 6.45) is 0.514. The Morgan fingerprint density at radius 1 is 1.20 bits per heavy atom. The maximum absolute atomic E-state index is 11.6. The van der Waals surface area contributed by atoms with Gasteiger partial charge in [0.05, 0.1) is 6.26 Å². The van der Waals surface area contributed by atoms with Crippen molar-refractivity contribution in [2.75, 3.05) is 0 Å². The zero-order chi connectivity index (χ0) is 14.4. The molecule has 1 atom stereocenters. The first kappa shape index (κ1) is 13.7. The fourth-order valence-electron chi connectivity index (χ4n) is 1.59. The molecule has 1 amide bonds. The van der Waals surface area contributed by atoms with E-state index in [1.807, 2.05) is 18.2 Å². The van der Waals surface area contributed by atoms with E-state index in [0.717, 1.165) is 5.56 Å². The van der Waals surface area contributed by atoms with Crippen molar-refractivity contribution in [1.82, 2.24) is 5.32 Å². The van der Waals surface area contributed by atoms with Crippen LogP contribution in [0.15, 0.2) is 53.1 Å². The Morgan fingerprint density at radius 2 is 1.95 bits per heavy atom. The van der Waals surface area contributed by atoms with Crippen molar-refractivity contribution in [2.24, 2.45) is 0 Å². The van der Waals surface area contributed by atoms with Crippen molar-refractivity contribution in [3.05, 3.63) is 60.1 Å². The maximum atomic E-state index is 11.6. The number of carbonyl (C=O) groups is 2. The van der Waals surface area contributed by atoms with Crippen LogP contribution in [0.1, 0.15) is 17.4 Å². The van der Waals surface area contributed by atoms with Crippen LogP contribution >= 0.6 is 0 Å². The summed E-state index contributed by atoms with van der Waals surface area (Å²) in [6, 6.07) is 10.8. The molecule has 6 heteroatoms. The van der Waals surface area contributed by atoms with Gasteiger partial charge >= 0.3 is 12.1 Å². The molecule has 1 aromatic heterocycles. The van der Waals surface area contributed by atoms with Crippen molar-refractivity contribution in [3.63, 3.8) is 0 Å². The number of nitrogens with one attached hydrogen (secondary N) is 1. The predicted molar refractivity (Wildman–Crippen MR) is 68.8 cm³/mol. The summed E-state index contributed by atoms with van der Waals surface area (Å²) in [4.78, 5) is 22.7. The van der Waals surface area contributed by atoms with E-state index in [-0.39, 0.29) is 12.4 Å². The molecular weight excluding hydrogens is 262 g/mol. The molecule has 0 bridgehead atoms. The molecule has 0 saturated heterocycles. The number of rotatable bonds is 5. The van der Waals surface area contributed by atoms with Gasteiger partial charge in [0, 0.05) is 0 Å². The minimum Gasteiger partial charge on any atom is -0.479 e. The van der Waals surface area contributed by atoms with Gasteiger partial charge in [0.15, 0.2) is 6.04 Å². The molecule has 0 fully saturated rings. The zero-order valence-electron chi connectivity index (χ0n) is 10.5. The average molecular weight is 275 g/mol. The van der Waals surface area contributed by atoms with Crippen LogP contribution < -0.4 is 5.32 Å². The zero-order valence-corrected chi connectivity index (χ0v) is 10.5. The van der Waals surface area contributed by atoms with Gasteiger partial charge in [-0.05, 0) is 17.7 Å². The highest BCUT2D eigenvalue weighted by Crippen LogP contribution is 2.14. The van der Waals surface area contributed by atoms with Gasteiger partial charge in [0.2, 0.25) is 0 Å². The number of furan rings is 1. The van der Waals surface area contributed by atoms with Crippen LogP contribution in [0, 0.1) is 0 Å². The van der Waals surface area contributed by atoms with Gasteiger partial charge in [-0.3, -0.25) is 0 Å². The predicted octanol–water partition coefficient (Wildman–Crippen LogP) is 2.33. The number of benzene rings is 1. The number of aliphatic carboxylic acids is 1. The van der Waals surface area contributed by atoms with E-state index >= 15 is 0 Å². The monoisotopic (exact) mass is 275 g/mol. The third-order valence-electron chi connectivity index (χ3n) is 2.55. The molecule has 0 aliphatic carbocycles. The normalized spacial score (nSPS) is 11.6. The molecule has 1 heterocycles. The molecule has 0 aliphatic heterocycles. The SMILES string of the molecule is O=C(N[C@@H](C(=O)O)c1ccco1)OCc1ccccc1. The number of alkyl carbamates (subject to hydrolysis) is 1. The molecule has 0 radical (unpaired) electrons. The molecule has 0 unspecified atom stereocenters. The number of carboxylic acid groups (broad SMARTS) is 1. The van der Waals surface area contributed by atoms with E-state index in [4.69, 9.17) is 14.3 Å². The van der Waals surface area contributed by atoms with Crippen LogP contribution in [0.5, 0.6) is 0 Å². The van der Waals surface area contributed by atoms with E-state index in [2.05, 4.69) is 5.32 Å². The van der Waals surface area contributed by atoms with Gasteiger partial charge < -0.3 is 19.6 Å². The molecule has 0 aliphatic rings.